The number of aryl methyl sites for hydroxylation is 1. The smallest absolute Gasteiger partial charge is 0.661 e. The summed E-state index contributed by atoms with van der Waals surface area (Å²) in [5.74, 6) is 7.53. The molecule has 57 heavy (non-hydrogen) atoms. The van der Waals surface area contributed by atoms with E-state index in [0.29, 0.717) is 11.5 Å². The van der Waals surface area contributed by atoms with E-state index in [2.05, 4.69) is 134 Å². The van der Waals surface area contributed by atoms with Gasteiger partial charge in [-0.1, -0.05) is 60.1 Å². The van der Waals surface area contributed by atoms with Crippen molar-refractivity contribution < 1.29 is 24.5 Å². The van der Waals surface area contributed by atoms with Crippen molar-refractivity contribution in [2.75, 3.05) is 4.90 Å². The first-order valence-corrected chi connectivity index (χ1v) is 27.3. The molecule has 1 aliphatic heterocycles. The molecule has 3 aromatic heterocycles. The van der Waals surface area contributed by atoms with Crippen LogP contribution in [0.4, 0.5) is 21.5 Å². The number of anilines is 2. The molecule has 4 nitrogen and oxygen atoms in total. The Labute approximate surface area is 356 Å². The Bertz CT molecular complexity index is 2660. The summed E-state index contributed by atoms with van der Waals surface area (Å²) in [6.45, 7) is 6.66. The molecule has 1 unspecified atom stereocenters. The van der Waals surface area contributed by atoms with Gasteiger partial charge in [0.15, 0.2) is 0 Å². The third kappa shape index (κ3) is 8.49. The van der Waals surface area contributed by atoms with Crippen LogP contribution >= 0.6 is 11.3 Å². The maximum atomic E-state index is 14.4. The van der Waals surface area contributed by atoms with Crippen LogP contribution in [0.3, 0.4) is 0 Å². The number of fused-ring (bicyclic) bond motifs is 4. The van der Waals surface area contributed by atoms with Crippen molar-refractivity contribution in [2.45, 2.75) is 50.6 Å². The fourth-order valence-corrected chi connectivity index (χ4v) is 12.0. The topological polar surface area (TPSA) is 43.1 Å². The number of hydrogen-bond acceptors (Lipinski definition) is 4. The predicted octanol–water partition coefficient (Wildman–Crippen LogP) is 13.5. The van der Waals surface area contributed by atoms with E-state index >= 15 is 0 Å². The van der Waals surface area contributed by atoms with Crippen LogP contribution in [0, 0.1) is 30.9 Å². The van der Waals surface area contributed by atoms with Crippen molar-refractivity contribution in [1.29, 1.82) is 0 Å². The van der Waals surface area contributed by atoms with E-state index in [0.717, 1.165) is 50.7 Å². The normalized spacial score (nSPS) is 13.5. The molecule has 0 fully saturated rings. The summed E-state index contributed by atoms with van der Waals surface area (Å²) in [7, 11) is 0. The van der Waals surface area contributed by atoms with Gasteiger partial charge in [-0.2, -0.15) is 17.4 Å². The minimum atomic E-state index is -2.00. The van der Waals surface area contributed by atoms with E-state index in [-0.39, 0.29) is 32.1 Å². The van der Waals surface area contributed by atoms with Gasteiger partial charge in [-0.3, -0.25) is 0 Å². The van der Waals surface area contributed by atoms with Gasteiger partial charge in [-0.05, 0) is 48.3 Å². The maximum Gasteiger partial charge on any atom is 3.00 e. The fraction of sp³-hybridized carbons (Fsp3) is 0.184. The molecule has 4 heterocycles. The van der Waals surface area contributed by atoms with Crippen LogP contribution in [0.15, 0.2) is 134 Å². The molecule has 0 spiro atoms. The Hall–Kier alpha value is -4.66. The molecule has 0 aliphatic carbocycles. The molecule has 0 bridgehead atoms. The standard InChI is InChI=1S/C25H17N3S.C24H27FGeN.Ir/c1-16-8-7-13-22-23(16)19-14-17(15-26-25(19)29-22)24-27-20-11-5-6-12-21(20)28(24)18-9-3-2-4-10-18;1-17(2)13-20-15-24(27-16-23(20)26(3,4)5)19-11-12-22(25)21(14-19)18-9-7-6-8-10-18;/h2-14,24H,1H3;6-10,12,14-17H,13H2,1-5H3;/q-2;-1;+3. The number of aromatic nitrogens is 2. The Kier molecular flexibility index (Phi) is 12.1. The summed E-state index contributed by atoms with van der Waals surface area (Å²) in [5, 5.41) is 7.51. The molecule has 5 aromatic carbocycles. The summed E-state index contributed by atoms with van der Waals surface area (Å²) >= 11 is -0.278. The van der Waals surface area contributed by atoms with Gasteiger partial charge in [-0.15, -0.1) is 11.3 Å². The van der Waals surface area contributed by atoms with Gasteiger partial charge in [0.05, 0.1) is 0 Å². The zero-order valence-electron chi connectivity index (χ0n) is 33.0. The molecule has 8 heteroatoms. The Morgan fingerprint density at radius 2 is 1.60 bits per heavy atom. The van der Waals surface area contributed by atoms with Crippen LogP contribution < -0.4 is 9.30 Å². The Balaban J connectivity index is 0.000000172. The van der Waals surface area contributed by atoms with Gasteiger partial charge in [0.2, 0.25) is 0 Å². The van der Waals surface area contributed by atoms with E-state index in [4.69, 9.17) is 15.3 Å². The van der Waals surface area contributed by atoms with Gasteiger partial charge >= 0.3 is 185 Å². The zero-order chi connectivity index (χ0) is 39.0. The van der Waals surface area contributed by atoms with E-state index in [1.54, 1.807) is 11.3 Å². The number of para-hydroxylation sites is 3. The van der Waals surface area contributed by atoms with E-state index < -0.39 is 13.3 Å². The summed E-state index contributed by atoms with van der Waals surface area (Å²) in [4.78, 5) is 12.7. The van der Waals surface area contributed by atoms with Crippen molar-refractivity contribution in [3.05, 3.63) is 174 Å². The molecule has 0 amide bonds. The number of nitrogens with zero attached hydrogens (tertiary/aromatic N) is 4. The molecule has 0 radical (unpaired) electrons. The summed E-state index contributed by atoms with van der Waals surface area (Å²) in [6, 6.07) is 45.6. The second kappa shape index (κ2) is 17.1. The number of rotatable bonds is 7. The van der Waals surface area contributed by atoms with Gasteiger partial charge < -0.3 is 15.2 Å². The number of thiophene rings is 1. The van der Waals surface area contributed by atoms with Crippen LogP contribution in [0.2, 0.25) is 17.3 Å². The van der Waals surface area contributed by atoms with Crippen molar-refractivity contribution in [3.8, 4) is 22.4 Å². The molecular weight excluding hydrogens is 960 g/mol. The van der Waals surface area contributed by atoms with Crippen LogP contribution in [-0.2, 0) is 26.5 Å². The number of hydrogen-bond donors (Lipinski definition) is 0. The third-order valence-corrected chi connectivity index (χ3v) is 15.6. The summed E-state index contributed by atoms with van der Waals surface area (Å²) < 4.78 is 17.1. The van der Waals surface area contributed by atoms with E-state index in [1.807, 2.05) is 48.5 Å². The van der Waals surface area contributed by atoms with Crippen LogP contribution in [0.25, 0.3) is 48.0 Å². The molecule has 0 saturated carbocycles. The molecule has 1 atom stereocenters. The first kappa shape index (κ1) is 40.5. The second-order valence-electron chi connectivity index (χ2n) is 15.8. The first-order chi connectivity index (χ1) is 27.0. The maximum absolute atomic E-state index is 14.4. The molecular formula is C49H44FGeIrN4S. The fourth-order valence-electron chi connectivity index (χ4n) is 7.55. The molecule has 8 aromatic rings. The summed E-state index contributed by atoms with van der Waals surface area (Å²) in [6.07, 6.45) is 6.22. The monoisotopic (exact) mass is 1010 g/mol. The van der Waals surface area contributed by atoms with Crippen LogP contribution in [0.5, 0.6) is 0 Å². The largest absolute Gasteiger partial charge is 3.00 e. The number of benzene rings is 5. The van der Waals surface area contributed by atoms with Gasteiger partial charge in [0.1, 0.15) is 0 Å². The molecule has 0 N–H and O–H groups in total. The molecule has 0 saturated heterocycles. The first-order valence-electron chi connectivity index (χ1n) is 19.2. The summed E-state index contributed by atoms with van der Waals surface area (Å²) in [5.41, 5.74) is 10.1. The van der Waals surface area contributed by atoms with Crippen molar-refractivity contribution in [3.63, 3.8) is 0 Å². The third-order valence-electron chi connectivity index (χ3n) is 10.2. The second-order valence-corrected chi connectivity index (χ2v) is 27.4. The number of halogens is 1. The molecule has 286 valence electrons. The van der Waals surface area contributed by atoms with Gasteiger partial charge in [-0.25, -0.2) is 0 Å². The van der Waals surface area contributed by atoms with Crippen molar-refractivity contribution in [2.24, 2.45) is 5.92 Å². The Morgan fingerprint density at radius 3 is 2.33 bits per heavy atom. The van der Waals surface area contributed by atoms with E-state index in [1.165, 1.54) is 37.1 Å². The Morgan fingerprint density at radius 1 is 0.877 bits per heavy atom. The average molecular weight is 1000 g/mol. The van der Waals surface area contributed by atoms with Crippen LogP contribution in [0.1, 0.15) is 36.7 Å². The van der Waals surface area contributed by atoms with Gasteiger partial charge in [0.25, 0.3) is 0 Å². The SMILES string of the molecule is CC(C)Cc1cc(-c2[c-]cc(F)c(-c3ccccc3)c2)nc[c]1[Ge]([CH3])([CH3])[CH3].Cc1cccc2sc3n[c-]c(C4[N-]c5ccccc5N4c4ccccc4)cc3c12.[Ir+3]. The zero-order valence-corrected chi connectivity index (χ0v) is 38.3. The quantitative estimate of drug-likeness (QED) is 0.118. The minimum absolute atomic E-state index is 0. The van der Waals surface area contributed by atoms with Crippen molar-refractivity contribution in [1.82, 2.24) is 9.97 Å². The molecule has 1 aliphatic rings. The van der Waals surface area contributed by atoms with Crippen LogP contribution in [-0.4, -0.2) is 23.2 Å². The molecule has 9 rings (SSSR count). The van der Waals surface area contributed by atoms with Crippen molar-refractivity contribution >= 4 is 66.4 Å². The van der Waals surface area contributed by atoms with E-state index in [9.17, 15) is 4.39 Å². The van der Waals surface area contributed by atoms with Gasteiger partial charge in [0, 0.05) is 20.9 Å². The number of pyridine rings is 2. The minimum Gasteiger partial charge on any atom is -0.661 e. The predicted molar refractivity (Wildman–Crippen MR) is 237 cm³/mol. The average Bonchev–Trinajstić information content (AvgIpc) is 3.78.